The molecule has 2 heterocycles. The summed E-state index contributed by atoms with van der Waals surface area (Å²) in [6.07, 6.45) is 15.0. The number of likely N-dealkylation sites (tertiary alicyclic amines) is 1. The third kappa shape index (κ3) is 1.91. The Bertz CT molecular complexity index is 408. The minimum Gasteiger partial charge on any atom is -0.311 e. The Hall–Kier alpha value is -0.0800. The molecule has 2 aliphatic heterocycles. The summed E-state index contributed by atoms with van der Waals surface area (Å²) < 4.78 is 0. The van der Waals surface area contributed by atoms with Gasteiger partial charge in [-0.2, -0.15) is 0 Å². The van der Waals surface area contributed by atoms with Gasteiger partial charge in [0.05, 0.1) is 0 Å². The molecule has 1 N–H and O–H groups in total. The highest BCUT2D eigenvalue weighted by atomic mass is 15.2. The van der Waals surface area contributed by atoms with Gasteiger partial charge in [0.25, 0.3) is 0 Å². The highest BCUT2D eigenvalue weighted by Gasteiger charge is 2.55. The van der Waals surface area contributed by atoms with E-state index in [1.807, 2.05) is 0 Å². The summed E-state index contributed by atoms with van der Waals surface area (Å²) in [6, 6.07) is 3.64. The van der Waals surface area contributed by atoms with E-state index in [-0.39, 0.29) is 0 Å². The molecule has 2 nitrogen and oxygen atoms in total. The predicted molar refractivity (Wildman–Crippen MR) is 86.2 cm³/mol. The van der Waals surface area contributed by atoms with E-state index in [0.717, 1.165) is 47.8 Å². The van der Waals surface area contributed by atoms with Gasteiger partial charge in [0, 0.05) is 24.2 Å². The second-order valence-electron chi connectivity index (χ2n) is 8.88. The lowest BCUT2D eigenvalue weighted by molar-refractivity contribution is 0.117. The average molecular weight is 288 g/mol. The molecule has 0 aromatic heterocycles. The molecule has 0 amide bonds. The lowest BCUT2D eigenvalue weighted by Gasteiger charge is -2.40. The molecule has 5 rings (SSSR count). The van der Waals surface area contributed by atoms with Gasteiger partial charge in [0.2, 0.25) is 0 Å². The zero-order valence-electron chi connectivity index (χ0n) is 13.6. The molecule has 0 aromatic carbocycles. The van der Waals surface area contributed by atoms with Crippen molar-refractivity contribution < 1.29 is 0 Å². The van der Waals surface area contributed by atoms with Crippen LogP contribution in [0.1, 0.15) is 64.2 Å². The van der Waals surface area contributed by atoms with Crippen LogP contribution in [0.5, 0.6) is 0 Å². The van der Waals surface area contributed by atoms with Gasteiger partial charge in [-0.3, -0.25) is 4.90 Å². The van der Waals surface area contributed by atoms with Crippen LogP contribution in [0.3, 0.4) is 0 Å². The number of nitrogens with one attached hydrogen (secondary N) is 1. The summed E-state index contributed by atoms with van der Waals surface area (Å²) in [6.45, 7) is 0. The van der Waals surface area contributed by atoms with Crippen molar-refractivity contribution in [2.45, 2.75) is 88.4 Å². The van der Waals surface area contributed by atoms with Crippen molar-refractivity contribution in [2.75, 3.05) is 7.05 Å². The van der Waals surface area contributed by atoms with E-state index < -0.39 is 0 Å². The largest absolute Gasteiger partial charge is 0.311 e. The summed E-state index contributed by atoms with van der Waals surface area (Å²) in [4.78, 5) is 2.85. The smallest absolute Gasteiger partial charge is 0.0131 e. The van der Waals surface area contributed by atoms with Crippen molar-refractivity contribution in [1.82, 2.24) is 10.2 Å². The molecule has 118 valence electrons. The first-order valence-corrected chi connectivity index (χ1v) is 9.81. The molecule has 2 heteroatoms. The summed E-state index contributed by atoms with van der Waals surface area (Å²) in [5.74, 6) is 4.10. The van der Waals surface area contributed by atoms with Crippen LogP contribution < -0.4 is 5.32 Å². The maximum atomic E-state index is 4.10. The molecule has 5 fully saturated rings. The van der Waals surface area contributed by atoms with E-state index in [0.29, 0.717) is 0 Å². The SMILES string of the molecule is CN1C2CCCCC2C2CC3NC4CCCCC4C3CC21. The van der Waals surface area contributed by atoms with Gasteiger partial charge in [0.15, 0.2) is 0 Å². The van der Waals surface area contributed by atoms with Gasteiger partial charge >= 0.3 is 0 Å². The maximum absolute atomic E-state index is 4.10. The Labute approximate surface area is 130 Å². The number of nitrogens with zero attached hydrogens (tertiary/aromatic N) is 1. The van der Waals surface area contributed by atoms with Gasteiger partial charge in [-0.1, -0.05) is 25.7 Å². The predicted octanol–water partition coefficient (Wildman–Crippen LogP) is 3.42. The number of hydrogen-bond donors (Lipinski definition) is 1. The van der Waals surface area contributed by atoms with Crippen LogP contribution in [-0.4, -0.2) is 36.1 Å². The standard InChI is InChI=1S/C19H32N2/c1-21-18-9-5-3-7-13(18)15-10-17-14(11-19(15)21)12-6-2-4-8-16(12)20-17/h12-20H,2-11H2,1H3. The zero-order valence-corrected chi connectivity index (χ0v) is 13.6. The first-order valence-electron chi connectivity index (χ1n) is 9.81. The van der Waals surface area contributed by atoms with Gasteiger partial charge < -0.3 is 5.32 Å². The van der Waals surface area contributed by atoms with Crippen LogP contribution in [0.15, 0.2) is 0 Å². The fraction of sp³-hybridized carbons (Fsp3) is 1.00. The molecule has 8 unspecified atom stereocenters. The molecule has 21 heavy (non-hydrogen) atoms. The number of fused-ring (bicyclic) bond motifs is 6. The summed E-state index contributed by atoms with van der Waals surface area (Å²) in [5, 5.41) is 4.10. The molecular weight excluding hydrogens is 256 g/mol. The highest BCUT2D eigenvalue weighted by Crippen LogP contribution is 2.53. The Morgan fingerprint density at radius 2 is 1.43 bits per heavy atom. The van der Waals surface area contributed by atoms with E-state index in [1.54, 1.807) is 0 Å². The molecule has 0 radical (unpaired) electrons. The minimum atomic E-state index is 0.883. The van der Waals surface area contributed by atoms with Gasteiger partial charge in [-0.15, -0.1) is 0 Å². The lowest BCUT2D eigenvalue weighted by atomic mass is 9.66. The maximum Gasteiger partial charge on any atom is 0.0131 e. The third-order valence-electron chi connectivity index (χ3n) is 8.23. The molecular formula is C19H32N2. The van der Waals surface area contributed by atoms with Gasteiger partial charge in [0.1, 0.15) is 0 Å². The van der Waals surface area contributed by atoms with Gasteiger partial charge in [-0.05, 0) is 69.2 Å². The quantitative estimate of drug-likeness (QED) is 0.735. The number of hydrogen-bond acceptors (Lipinski definition) is 2. The Morgan fingerprint density at radius 1 is 0.667 bits per heavy atom. The molecule has 3 saturated carbocycles. The molecule has 0 aromatic rings. The third-order valence-corrected chi connectivity index (χ3v) is 8.23. The Morgan fingerprint density at radius 3 is 2.33 bits per heavy atom. The van der Waals surface area contributed by atoms with E-state index >= 15 is 0 Å². The van der Waals surface area contributed by atoms with Crippen molar-refractivity contribution in [2.24, 2.45) is 23.7 Å². The molecule has 5 aliphatic rings. The highest BCUT2D eigenvalue weighted by molar-refractivity contribution is 5.10. The molecule has 0 bridgehead atoms. The van der Waals surface area contributed by atoms with Crippen molar-refractivity contribution in [3.05, 3.63) is 0 Å². The Balaban J connectivity index is 1.40. The topological polar surface area (TPSA) is 15.3 Å². The monoisotopic (exact) mass is 288 g/mol. The molecule has 8 atom stereocenters. The fourth-order valence-corrected chi connectivity index (χ4v) is 7.38. The summed E-state index contributed by atoms with van der Waals surface area (Å²) in [5.41, 5.74) is 0. The normalized spacial score (nSPS) is 56.4. The second kappa shape index (κ2) is 4.96. The number of rotatable bonds is 0. The van der Waals surface area contributed by atoms with Crippen LogP contribution in [0.25, 0.3) is 0 Å². The van der Waals surface area contributed by atoms with Crippen LogP contribution >= 0.6 is 0 Å². The van der Waals surface area contributed by atoms with E-state index in [4.69, 9.17) is 0 Å². The summed E-state index contributed by atoms with van der Waals surface area (Å²) in [7, 11) is 2.47. The van der Waals surface area contributed by atoms with E-state index in [1.165, 1.54) is 64.2 Å². The second-order valence-corrected chi connectivity index (χ2v) is 8.88. The van der Waals surface area contributed by atoms with Crippen molar-refractivity contribution in [3.63, 3.8) is 0 Å². The van der Waals surface area contributed by atoms with Crippen LogP contribution in [0, 0.1) is 23.7 Å². The molecule has 0 spiro atoms. The molecule has 2 saturated heterocycles. The average Bonchev–Trinajstić information content (AvgIpc) is 3.02. The van der Waals surface area contributed by atoms with Crippen LogP contribution in [0.2, 0.25) is 0 Å². The van der Waals surface area contributed by atoms with E-state index in [9.17, 15) is 0 Å². The first kappa shape index (κ1) is 13.4. The van der Waals surface area contributed by atoms with Crippen molar-refractivity contribution in [1.29, 1.82) is 0 Å². The fourth-order valence-electron chi connectivity index (χ4n) is 7.38. The van der Waals surface area contributed by atoms with Gasteiger partial charge in [-0.25, -0.2) is 0 Å². The molecule has 3 aliphatic carbocycles. The van der Waals surface area contributed by atoms with Crippen molar-refractivity contribution >= 4 is 0 Å². The lowest BCUT2D eigenvalue weighted by Crippen LogP contribution is -2.44. The summed E-state index contributed by atoms with van der Waals surface area (Å²) >= 11 is 0. The van der Waals surface area contributed by atoms with Crippen LogP contribution in [0.4, 0.5) is 0 Å². The van der Waals surface area contributed by atoms with Crippen LogP contribution in [-0.2, 0) is 0 Å². The minimum absolute atomic E-state index is 0.883. The first-order chi connectivity index (χ1) is 10.3. The zero-order chi connectivity index (χ0) is 14.0. The van der Waals surface area contributed by atoms with E-state index in [2.05, 4.69) is 17.3 Å². The van der Waals surface area contributed by atoms with Crippen molar-refractivity contribution in [3.8, 4) is 0 Å². The Kier molecular flexibility index (Phi) is 3.16.